The highest BCUT2D eigenvalue weighted by atomic mass is 32.2. The first-order chi connectivity index (χ1) is 11.4. The molecule has 1 aromatic heterocycles. The summed E-state index contributed by atoms with van der Waals surface area (Å²) in [7, 11) is 0.00342. The van der Waals surface area contributed by atoms with Crippen LogP contribution in [0.1, 0.15) is 0 Å². The zero-order valence-electron chi connectivity index (χ0n) is 12.6. The molecule has 0 amide bonds. The van der Waals surface area contributed by atoms with Gasteiger partial charge in [-0.05, 0) is 41.1 Å². The molecular weight excluding hydrogens is 296 g/mol. The van der Waals surface area contributed by atoms with Crippen molar-refractivity contribution in [2.75, 3.05) is 0 Å². The Kier molecular flexibility index (Phi) is 2.76. The zero-order valence-corrected chi connectivity index (χ0v) is 13.4. The van der Waals surface area contributed by atoms with Gasteiger partial charge in [-0.1, -0.05) is 54.6 Å². The van der Waals surface area contributed by atoms with E-state index >= 15 is 0 Å². The minimum absolute atomic E-state index is 0.00342. The van der Waals surface area contributed by atoms with Crippen molar-refractivity contribution in [2.24, 2.45) is 0 Å². The van der Waals surface area contributed by atoms with E-state index in [1.807, 2.05) is 0 Å². The van der Waals surface area contributed by atoms with Crippen LogP contribution in [0.2, 0.25) is 0 Å². The molecule has 1 heterocycles. The van der Waals surface area contributed by atoms with Crippen LogP contribution < -0.4 is 0 Å². The molecular formula is C22H15S+. The van der Waals surface area contributed by atoms with Gasteiger partial charge >= 0.3 is 0 Å². The van der Waals surface area contributed by atoms with Crippen LogP contribution in [0.4, 0.5) is 0 Å². The molecule has 0 spiro atoms. The predicted molar refractivity (Wildman–Crippen MR) is 103 cm³/mol. The lowest BCUT2D eigenvalue weighted by atomic mass is 10.1. The van der Waals surface area contributed by atoms with Crippen LogP contribution in [-0.2, 0) is 0 Å². The molecule has 4 aromatic carbocycles. The second kappa shape index (κ2) is 4.94. The molecule has 0 bridgehead atoms. The van der Waals surface area contributed by atoms with E-state index in [4.69, 9.17) is 0 Å². The molecule has 5 aromatic rings. The molecule has 0 saturated carbocycles. The summed E-state index contributed by atoms with van der Waals surface area (Å²) >= 11 is 0. The van der Waals surface area contributed by atoms with Crippen molar-refractivity contribution >= 4 is 41.4 Å². The van der Waals surface area contributed by atoms with Crippen molar-refractivity contribution in [3.63, 3.8) is 0 Å². The third-order valence-corrected chi connectivity index (χ3v) is 6.76. The van der Waals surface area contributed by atoms with E-state index in [0.29, 0.717) is 0 Å². The smallest absolute Gasteiger partial charge is 0.0619 e. The van der Waals surface area contributed by atoms with Gasteiger partial charge < -0.3 is 0 Å². The summed E-state index contributed by atoms with van der Waals surface area (Å²) in [5.74, 6) is 0. The third-order valence-electron chi connectivity index (χ3n) is 4.44. The summed E-state index contributed by atoms with van der Waals surface area (Å²) in [6.45, 7) is 0. The fraction of sp³-hybridized carbons (Fsp3) is 0. The van der Waals surface area contributed by atoms with Crippen molar-refractivity contribution in [2.45, 2.75) is 0 Å². The maximum absolute atomic E-state index is 2.39. The van der Waals surface area contributed by atoms with Gasteiger partial charge in [0.25, 0.3) is 0 Å². The van der Waals surface area contributed by atoms with Gasteiger partial charge in [-0.2, -0.15) is 0 Å². The molecule has 0 aliphatic rings. The molecule has 0 aliphatic heterocycles. The van der Waals surface area contributed by atoms with E-state index in [1.165, 1.54) is 35.8 Å². The summed E-state index contributed by atoms with van der Waals surface area (Å²) in [5.41, 5.74) is 0. The minimum atomic E-state index is 0.00342. The topological polar surface area (TPSA) is 0 Å². The SMILES string of the molecule is c1ccc(-[s+]2c3ccccc3c3cc4ccccc4cc32)cc1. The average Bonchev–Trinajstić information content (AvgIpc) is 2.94. The first-order valence-electron chi connectivity index (χ1n) is 7.83. The van der Waals surface area contributed by atoms with Crippen LogP contribution in [-0.4, -0.2) is 0 Å². The van der Waals surface area contributed by atoms with Crippen LogP contribution >= 0.6 is 10.5 Å². The largest absolute Gasteiger partial charge is 0.188 e. The Morgan fingerprint density at radius 3 is 1.96 bits per heavy atom. The fourth-order valence-electron chi connectivity index (χ4n) is 3.39. The normalized spacial score (nSPS) is 12.3. The zero-order chi connectivity index (χ0) is 15.2. The van der Waals surface area contributed by atoms with E-state index in [0.717, 1.165) is 0 Å². The van der Waals surface area contributed by atoms with E-state index in [2.05, 4.69) is 91.0 Å². The highest BCUT2D eigenvalue weighted by molar-refractivity contribution is 7.50. The van der Waals surface area contributed by atoms with E-state index in [9.17, 15) is 0 Å². The number of hydrogen-bond acceptors (Lipinski definition) is 0. The molecule has 0 aliphatic carbocycles. The molecule has 108 valence electrons. The van der Waals surface area contributed by atoms with Crippen molar-refractivity contribution in [1.82, 2.24) is 0 Å². The predicted octanol–water partition coefficient (Wildman–Crippen LogP) is 6.88. The summed E-state index contributed by atoms with van der Waals surface area (Å²) in [6.07, 6.45) is 0. The lowest BCUT2D eigenvalue weighted by Gasteiger charge is -1.97. The van der Waals surface area contributed by atoms with Gasteiger partial charge in [0.05, 0.1) is 0 Å². The Morgan fingerprint density at radius 1 is 0.478 bits per heavy atom. The molecule has 0 radical (unpaired) electrons. The van der Waals surface area contributed by atoms with Crippen LogP contribution in [0.25, 0.3) is 35.8 Å². The van der Waals surface area contributed by atoms with E-state index in [-0.39, 0.29) is 10.5 Å². The molecule has 0 saturated heterocycles. The number of benzene rings is 4. The number of rotatable bonds is 1. The lowest BCUT2D eigenvalue weighted by Crippen LogP contribution is -1.73. The second-order valence-electron chi connectivity index (χ2n) is 5.81. The van der Waals surface area contributed by atoms with Gasteiger partial charge in [-0.25, -0.2) is 0 Å². The number of thiophene rings is 1. The Balaban J connectivity index is 2.03. The molecule has 1 heteroatoms. The van der Waals surface area contributed by atoms with Crippen molar-refractivity contribution < 1.29 is 0 Å². The molecule has 0 nitrogen and oxygen atoms in total. The highest BCUT2D eigenvalue weighted by Gasteiger charge is 2.23. The summed E-state index contributed by atoms with van der Waals surface area (Å²) in [6, 6.07) is 33.2. The van der Waals surface area contributed by atoms with Gasteiger partial charge in [0.2, 0.25) is 0 Å². The molecule has 23 heavy (non-hydrogen) atoms. The third kappa shape index (κ3) is 1.90. The molecule has 0 N–H and O–H groups in total. The van der Waals surface area contributed by atoms with Gasteiger partial charge in [0.1, 0.15) is 0 Å². The van der Waals surface area contributed by atoms with Crippen molar-refractivity contribution in [3.05, 3.63) is 91.0 Å². The highest BCUT2D eigenvalue weighted by Crippen LogP contribution is 2.49. The fourth-order valence-corrected chi connectivity index (χ4v) is 5.82. The van der Waals surface area contributed by atoms with Crippen molar-refractivity contribution in [3.8, 4) is 4.90 Å². The molecule has 5 rings (SSSR count). The Labute approximate surface area is 137 Å². The maximum Gasteiger partial charge on any atom is 0.188 e. The van der Waals surface area contributed by atoms with Gasteiger partial charge in [-0.15, -0.1) is 0 Å². The summed E-state index contributed by atoms with van der Waals surface area (Å²) < 4.78 is 2.90. The Morgan fingerprint density at radius 2 is 1.13 bits per heavy atom. The lowest BCUT2D eigenvalue weighted by molar-refractivity contribution is 1.76. The van der Waals surface area contributed by atoms with Crippen LogP contribution in [0.15, 0.2) is 91.0 Å². The Bertz CT molecular complexity index is 1150. The minimum Gasteiger partial charge on any atom is -0.0619 e. The van der Waals surface area contributed by atoms with Crippen LogP contribution in [0, 0.1) is 0 Å². The second-order valence-corrected chi connectivity index (χ2v) is 7.77. The van der Waals surface area contributed by atoms with E-state index in [1.54, 1.807) is 0 Å². The van der Waals surface area contributed by atoms with Gasteiger partial charge in [0.15, 0.2) is 14.3 Å². The molecule has 0 fully saturated rings. The standard InChI is InChI=1S/C22H15S/c1-2-10-18(11-3-1)23-21-13-7-6-12-19(21)20-14-16-8-4-5-9-17(16)15-22(20)23/h1-15H/q+1. The van der Waals surface area contributed by atoms with E-state index < -0.39 is 0 Å². The van der Waals surface area contributed by atoms with Crippen LogP contribution in [0.5, 0.6) is 0 Å². The summed E-state index contributed by atoms with van der Waals surface area (Å²) in [4.78, 5) is 1.40. The summed E-state index contributed by atoms with van der Waals surface area (Å²) in [5, 5.41) is 5.43. The quantitative estimate of drug-likeness (QED) is 0.296. The maximum atomic E-state index is 2.39. The first kappa shape index (κ1) is 12.9. The molecule has 1 atom stereocenters. The Hall–Kier alpha value is -2.64. The van der Waals surface area contributed by atoms with Gasteiger partial charge in [0, 0.05) is 27.3 Å². The first-order valence-corrected chi connectivity index (χ1v) is 9.06. The average molecular weight is 311 g/mol. The molecule has 1 unspecified atom stereocenters. The monoisotopic (exact) mass is 311 g/mol. The van der Waals surface area contributed by atoms with Crippen LogP contribution in [0.3, 0.4) is 0 Å². The van der Waals surface area contributed by atoms with Crippen molar-refractivity contribution in [1.29, 1.82) is 0 Å². The van der Waals surface area contributed by atoms with Gasteiger partial charge in [-0.3, -0.25) is 0 Å². The number of fused-ring (bicyclic) bond motifs is 4. The number of hydrogen-bond donors (Lipinski definition) is 0.